The zero-order valence-electron chi connectivity index (χ0n) is 27.9. The molecule has 11 heteroatoms. The number of benzene rings is 3. The van der Waals surface area contributed by atoms with Crippen molar-refractivity contribution in [2.24, 2.45) is 17.6 Å². The number of primary amides is 1. The molecule has 49 heavy (non-hydrogen) atoms. The van der Waals surface area contributed by atoms with E-state index in [4.69, 9.17) is 10.5 Å². The van der Waals surface area contributed by atoms with Crippen molar-refractivity contribution < 1.29 is 39.5 Å². The summed E-state index contributed by atoms with van der Waals surface area (Å²) in [5.41, 5.74) is 7.11. The molecule has 0 heterocycles. The molecule has 256 valence electrons. The number of fused-ring (bicyclic) bond motifs is 3. The molecule has 3 aromatic rings. The minimum absolute atomic E-state index is 0.00291. The molecule has 1 fully saturated rings. The van der Waals surface area contributed by atoms with Crippen LogP contribution >= 0.6 is 0 Å². The number of hydrogen-bond donors (Lipinski definition) is 6. The van der Waals surface area contributed by atoms with Gasteiger partial charge in [0.1, 0.15) is 28.6 Å². The second kappa shape index (κ2) is 12.8. The summed E-state index contributed by atoms with van der Waals surface area (Å²) >= 11 is 0. The fraction of sp³-hybridized carbons (Fsp3) is 0.342. The van der Waals surface area contributed by atoms with Crippen LogP contribution in [0.15, 0.2) is 71.5 Å². The molecule has 3 aliphatic rings. The predicted molar refractivity (Wildman–Crippen MR) is 183 cm³/mol. The van der Waals surface area contributed by atoms with Gasteiger partial charge in [0.2, 0.25) is 5.78 Å². The Morgan fingerprint density at radius 1 is 1.02 bits per heavy atom. The van der Waals surface area contributed by atoms with E-state index in [9.17, 15) is 34.8 Å². The summed E-state index contributed by atoms with van der Waals surface area (Å²) in [6, 6.07) is 16.3. The minimum atomic E-state index is -2.69. The number of aryl methyl sites for hydroxylation is 1. The Bertz CT molecular complexity index is 1930. The van der Waals surface area contributed by atoms with Crippen molar-refractivity contribution in [1.82, 2.24) is 10.2 Å². The van der Waals surface area contributed by atoms with E-state index in [0.29, 0.717) is 23.4 Å². The number of rotatable bonds is 9. The summed E-state index contributed by atoms with van der Waals surface area (Å²) in [6.07, 6.45) is 1.04. The van der Waals surface area contributed by atoms with Gasteiger partial charge in [-0.3, -0.25) is 19.3 Å². The first-order valence-corrected chi connectivity index (χ1v) is 16.2. The van der Waals surface area contributed by atoms with E-state index in [-0.39, 0.29) is 29.7 Å². The fourth-order valence-electron chi connectivity index (χ4n) is 7.79. The average Bonchev–Trinajstić information content (AvgIpc) is 3.05. The second-order valence-corrected chi connectivity index (χ2v) is 13.4. The lowest BCUT2D eigenvalue weighted by Crippen LogP contribution is -2.65. The van der Waals surface area contributed by atoms with Gasteiger partial charge >= 0.3 is 0 Å². The van der Waals surface area contributed by atoms with Crippen LogP contribution in [0.3, 0.4) is 0 Å². The van der Waals surface area contributed by atoms with Gasteiger partial charge in [0.25, 0.3) is 5.91 Å². The van der Waals surface area contributed by atoms with Gasteiger partial charge in [-0.15, -0.1) is 0 Å². The number of Topliss-reactive ketones (excluding diaryl/α,β-unsaturated/α-hetero) is 2. The van der Waals surface area contributed by atoms with E-state index < -0.39 is 58.0 Å². The van der Waals surface area contributed by atoms with Crippen LogP contribution in [0, 0.1) is 18.8 Å². The number of aromatic hydroxyl groups is 1. The monoisotopic (exact) mass is 667 g/mol. The first-order valence-electron chi connectivity index (χ1n) is 16.2. The maximum Gasteiger partial charge on any atom is 0.255 e. The number of nitrogens with one attached hydrogen (secondary N) is 1. The topological polar surface area (TPSA) is 183 Å². The molecule has 6 rings (SSSR count). The number of phenols is 1. The number of ether oxygens (including phenoxy) is 1. The number of carbonyl (C=O) groups excluding carboxylic acids is 3. The molecule has 4 atom stereocenters. The third-order valence-corrected chi connectivity index (χ3v) is 10.2. The number of methoxy groups -OCH3 is 1. The molecule has 0 bridgehead atoms. The third-order valence-electron chi connectivity index (χ3n) is 10.2. The summed E-state index contributed by atoms with van der Waals surface area (Å²) in [4.78, 5) is 41.3. The molecule has 7 N–H and O–H groups in total. The molecular formula is C38H41N3O8. The van der Waals surface area contributed by atoms with Gasteiger partial charge in [0.05, 0.1) is 18.7 Å². The summed E-state index contributed by atoms with van der Waals surface area (Å²) in [5.74, 6) is -6.33. The van der Waals surface area contributed by atoms with Crippen LogP contribution < -0.4 is 15.8 Å². The number of ketones is 2. The van der Waals surface area contributed by atoms with E-state index in [2.05, 4.69) is 36.5 Å². The largest absolute Gasteiger partial charge is 0.508 e. The fourth-order valence-corrected chi connectivity index (χ4v) is 7.79. The van der Waals surface area contributed by atoms with E-state index in [1.165, 1.54) is 22.1 Å². The summed E-state index contributed by atoms with van der Waals surface area (Å²) in [6.45, 7) is 3.41. The molecule has 1 amide bonds. The van der Waals surface area contributed by atoms with Crippen molar-refractivity contribution in [3.63, 3.8) is 0 Å². The predicted octanol–water partition coefficient (Wildman–Crippen LogP) is 3.28. The van der Waals surface area contributed by atoms with Crippen molar-refractivity contribution in [2.75, 3.05) is 27.7 Å². The number of nitrogens with zero attached hydrogens (tertiary/aromatic N) is 1. The minimum Gasteiger partial charge on any atom is -0.508 e. The van der Waals surface area contributed by atoms with Crippen molar-refractivity contribution in [3.8, 4) is 22.6 Å². The standard InChI is InChI=1S/C38H41N3O8/c1-19-5-7-20(8-6-19)13-14-40-18-21-9-12-28(49-4)24(15-21)23-10-11-27(42)30-25(23)16-22-17-26-32(41(2)3)34(44)31(37(39)47)36(46)38(26,48)35(45)29(22)33(30)43/h5-12,15,22,26,32,40,42-43,46,48H,13-14,16-18H2,1-4H3,(H2,39,47)/t22-,26-,32-,38-/m0/s1. The number of hydrogen-bond acceptors (Lipinski definition) is 10. The smallest absolute Gasteiger partial charge is 0.255 e. The Hall–Kier alpha value is -4.97. The van der Waals surface area contributed by atoms with Gasteiger partial charge in [-0.25, -0.2) is 0 Å². The highest BCUT2D eigenvalue weighted by Gasteiger charge is 2.64. The molecule has 1 saturated carbocycles. The van der Waals surface area contributed by atoms with Crippen molar-refractivity contribution in [2.45, 2.75) is 44.4 Å². The highest BCUT2D eigenvalue weighted by molar-refractivity contribution is 6.24. The molecule has 0 radical (unpaired) electrons. The van der Waals surface area contributed by atoms with Crippen molar-refractivity contribution in [3.05, 3.63) is 99.3 Å². The van der Waals surface area contributed by atoms with Crippen LogP contribution in [0.1, 0.15) is 34.2 Å². The molecule has 0 unspecified atom stereocenters. The van der Waals surface area contributed by atoms with Crippen molar-refractivity contribution in [1.29, 1.82) is 0 Å². The quantitative estimate of drug-likeness (QED) is 0.146. The van der Waals surface area contributed by atoms with E-state index in [0.717, 1.165) is 24.1 Å². The lowest BCUT2D eigenvalue weighted by molar-refractivity contribution is -0.153. The number of aliphatic hydroxyl groups excluding tert-OH is 2. The summed E-state index contributed by atoms with van der Waals surface area (Å²) in [7, 11) is 4.70. The summed E-state index contributed by atoms with van der Waals surface area (Å²) in [5, 5.41) is 49.2. The number of aliphatic hydroxyl groups is 3. The maximum absolute atomic E-state index is 14.2. The summed E-state index contributed by atoms with van der Waals surface area (Å²) < 4.78 is 5.74. The number of likely N-dealkylation sites (N-methyl/N-ethyl adjacent to an activating group) is 1. The lowest BCUT2D eigenvalue weighted by Gasteiger charge is -2.50. The first kappa shape index (κ1) is 33.9. The van der Waals surface area contributed by atoms with Gasteiger partial charge in [-0.2, -0.15) is 0 Å². The number of nitrogens with two attached hydrogens (primary N) is 1. The van der Waals surface area contributed by atoms with Crippen LogP contribution in [0.4, 0.5) is 0 Å². The number of phenolic OH excluding ortho intramolecular Hbond substituents is 1. The Balaban J connectivity index is 1.39. The molecular weight excluding hydrogens is 626 g/mol. The SMILES string of the molecule is COc1ccc(CNCCc2ccc(C)cc2)cc1-c1ccc(O)c2c1C[C@H]1C[C@H]3[C@H](N(C)C)C(=O)C(C(N)=O)=C(O)[C@@]3(O)C(=O)C1=C2O. The Morgan fingerprint density at radius 2 is 1.71 bits per heavy atom. The number of carbonyl (C=O) groups is 3. The van der Waals surface area contributed by atoms with Crippen LogP contribution in [0.5, 0.6) is 11.5 Å². The Labute approximate surface area is 284 Å². The maximum atomic E-state index is 14.2. The van der Waals surface area contributed by atoms with E-state index in [1.54, 1.807) is 27.3 Å². The Kier molecular flexibility index (Phi) is 8.87. The van der Waals surface area contributed by atoms with Crippen LogP contribution in [-0.2, 0) is 33.8 Å². The van der Waals surface area contributed by atoms with Crippen LogP contribution in [0.25, 0.3) is 16.9 Å². The van der Waals surface area contributed by atoms with Crippen molar-refractivity contribution >= 4 is 23.2 Å². The third kappa shape index (κ3) is 5.57. The van der Waals surface area contributed by atoms with Gasteiger partial charge in [-0.05, 0) is 93.2 Å². The zero-order chi connectivity index (χ0) is 35.4. The highest BCUT2D eigenvalue weighted by atomic mass is 16.5. The highest BCUT2D eigenvalue weighted by Crippen LogP contribution is 2.54. The lowest BCUT2D eigenvalue weighted by atomic mass is 9.57. The van der Waals surface area contributed by atoms with Crippen LogP contribution in [-0.4, -0.2) is 82.2 Å². The molecule has 3 aromatic carbocycles. The molecule has 0 spiro atoms. The average molecular weight is 668 g/mol. The molecule has 0 saturated heterocycles. The van der Waals surface area contributed by atoms with Gasteiger partial charge in [0.15, 0.2) is 11.4 Å². The van der Waals surface area contributed by atoms with Crippen LogP contribution in [0.2, 0.25) is 0 Å². The van der Waals surface area contributed by atoms with Gasteiger partial charge in [0, 0.05) is 23.6 Å². The normalized spacial score (nSPS) is 23.3. The first-order chi connectivity index (χ1) is 23.3. The molecule has 3 aliphatic carbocycles. The second-order valence-electron chi connectivity index (χ2n) is 13.4. The Morgan fingerprint density at radius 3 is 2.37 bits per heavy atom. The number of amides is 1. The van der Waals surface area contributed by atoms with Gasteiger partial charge in [-0.1, -0.05) is 42.0 Å². The molecule has 0 aromatic heterocycles. The van der Waals surface area contributed by atoms with E-state index in [1.807, 2.05) is 18.2 Å². The molecule has 11 nitrogen and oxygen atoms in total. The van der Waals surface area contributed by atoms with Gasteiger partial charge < -0.3 is 36.2 Å². The molecule has 0 aliphatic heterocycles. The zero-order valence-corrected chi connectivity index (χ0v) is 27.9. The van der Waals surface area contributed by atoms with E-state index >= 15 is 0 Å².